The van der Waals surface area contributed by atoms with E-state index in [0.29, 0.717) is 22.0 Å². The summed E-state index contributed by atoms with van der Waals surface area (Å²) in [4.78, 5) is 17.3. The second kappa shape index (κ2) is 7.84. The number of carbonyl (C=O) groups is 1. The minimum Gasteiger partial charge on any atom is -0.508 e. The number of aromatic hydroxyl groups is 1. The zero-order valence-electron chi connectivity index (χ0n) is 14.6. The lowest BCUT2D eigenvalue weighted by Gasteiger charge is -2.22. The van der Waals surface area contributed by atoms with Crippen molar-refractivity contribution in [2.75, 3.05) is 30.3 Å². The monoisotopic (exact) mass is 360 g/mol. The van der Waals surface area contributed by atoms with E-state index in [2.05, 4.69) is 20.9 Å². The minimum absolute atomic E-state index is 0.175. The topological polar surface area (TPSA) is 86.3 Å². The number of aryl methyl sites for hydroxylation is 1. The van der Waals surface area contributed by atoms with Crippen LogP contribution in [-0.2, 0) is 0 Å². The van der Waals surface area contributed by atoms with Crippen molar-refractivity contribution in [3.8, 4) is 5.75 Å². The van der Waals surface area contributed by atoms with Crippen molar-refractivity contribution in [1.82, 2.24) is 10.3 Å². The number of amides is 1. The molecule has 0 spiro atoms. The minimum atomic E-state index is -0.204. The predicted octanol–water partition coefficient (Wildman–Crippen LogP) is 3.13. The zero-order chi connectivity index (χ0) is 17.8. The van der Waals surface area contributed by atoms with Gasteiger partial charge in [0, 0.05) is 12.1 Å². The fourth-order valence-electron chi connectivity index (χ4n) is 2.98. The van der Waals surface area contributed by atoms with Gasteiger partial charge >= 0.3 is 0 Å². The van der Waals surface area contributed by atoms with Crippen LogP contribution in [0.25, 0.3) is 0 Å². The zero-order valence-corrected chi connectivity index (χ0v) is 15.4. The van der Waals surface area contributed by atoms with Crippen molar-refractivity contribution in [3.63, 3.8) is 0 Å². The summed E-state index contributed by atoms with van der Waals surface area (Å²) in [7, 11) is 0. The quantitative estimate of drug-likeness (QED) is 0.658. The van der Waals surface area contributed by atoms with Crippen LogP contribution < -0.4 is 16.0 Å². The first kappa shape index (κ1) is 17.7. The fourth-order valence-corrected chi connectivity index (χ4v) is 3.70. The van der Waals surface area contributed by atoms with Gasteiger partial charge in [-0.3, -0.25) is 4.79 Å². The van der Waals surface area contributed by atoms with E-state index < -0.39 is 0 Å². The Hall–Kier alpha value is -2.12. The molecule has 2 heterocycles. The maximum absolute atomic E-state index is 12.5. The van der Waals surface area contributed by atoms with Crippen molar-refractivity contribution in [1.29, 1.82) is 0 Å². The molecular formula is C18H24N4O2S. The van der Waals surface area contributed by atoms with E-state index in [9.17, 15) is 9.90 Å². The molecule has 1 aliphatic rings. The summed E-state index contributed by atoms with van der Waals surface area (Å²) in [6.07, 6.45) is 3.93. The van der Waals surface area contributed by atoms with Crippen LogP contribution in [0, 0.1) is 19.8 Å². The number of thiazole rings is 1. The number of nitrogens with one attached hydrogen (secondary N) is 3. The van der Waals surface area contributed by atoms with E-state index in [1.54, 1.807) is 25.3 Å². The van der Waals surface area contributed by atoms with E-state index in [0.717, 1.165) is 30.3 Å². The average molecular weight is 360 g/mol. The number of piperidine rings is 1. The fraction of sp³-hybridized carbons (Fsp3) is 0.444. The maximum Gasteiger partial charge on any atom is 0.267 e. The lowest BCUT2D eigenvalue weighted by molar-refractivity contribution is 0.103. The summed E-state index contributed by atoms with van der Waals surface area (Å²) in [6.45, 7) is 6.72. The van der Waals surface area contributed by atoms with E-state index in [4.69, 9.17) is 0 Å². The smallest absolute Gasteiger partial charge is 0.267 e. The van der Waals surface area contributed by atoms with Crippen LogP contribution >= 0.6 is 11.3 Å². The van der Waals surface area contributed by atoms with Gasteiger partial charge in [0.05, 0.1) is 11.9 Å². The van der Waals surface area contributed by atoms with Crippen LogP contribution in [0.15, 0.2) is 18.3 Å². The second-order valence-electron chi connectivity index (χ2n) is 6.46. The van der Waals surface area contributed by atoms with Crippen molar-refractivity contribution in [3.05, 3.63) is 34.3 Å². The summed E-state index contributed by atoms with van der Waals surface area (Å²) in [6, 6.07) is 3.42. The van der Waals surface area contributed by atoms with Crippen LogP contribution in [0.1, 0.15) is 33.6 Å². The number of carbonyl (C=O) groups excluding carboxylic acids is 1. The number of anilines is 2. The Balaban J connectivity index is 1.62. The van der Waals surface area contributed by atoms with E-state index >= 15 is 0 Å². The lowest BCUT2D eigenvalue weighted by atomic mass is 9.98. The highest BCUT2D eigenvalue weighted by molar-refractivity contribution is 7.17. The first-order chi connectivity index (χ1) is 12.0. The third-order valence-corrected chi connectivity index (χ3v) is 5.57. The largest absolute Gasteiger partial charge is 0.508 e. The van der Waals surface area contributed by atoms with E-state index in [1.807, 2.05) is 6.92 Å². The van der Waals surface area contributed by atoms with Gasteiger partial charge in [0.15, 0.2) is 5.13 Å². The molecule has 0 radical (unpaired) electrons. The lowest BCUT2D eigenvalue weighted by Crippen LogP contribution is -2.31. The summed E-state index contributed by atoms with van der Waals surface area (Å²) >= 11 is 1.35. The Kier molecular flexibility index (Phi) is 5.55. The Morgan fingerprint density at radius 3 is 2.88 bits per heavy atom. The summed E-state index contributed by atoms with van der Waals surface area (Å²) < 4.78 is 0. The molecule has 1 amide bonds. The molecule has 3 rings (SSSR count). The van der Waals surface area contributed by atoms with Gasteiger partial charge in [0.2, 0.25) is 0 Å². The molecule has 25 heavy (non-hydrogen) atoms. The van der Waals surface area contributed by atoms with Gasteiger partial charge in [0.1, 0.15) is 10.6 Å². The van der Waals surface area contributed by atoms with Crippen molar-refractivity contribution in [2.24, 2.45) is 5.92 Å². The van der Waals surface area contributed by atoms with E-state index in [1.165, 1.54) is 24.2 Å². The molecule has 4 N–H and O–H groups in total. The van der Waals surface area contributed by atoms with Crippen LogP contribution in [0.3, 0.4) is 0 Å². The van der Waals surface area contributed by atoms with Gasteiger partial charge in [-0.2, -0.15) is 0 Å². The Labute approximate surface area is 151 Å². The van der Waals surface area contributed by atoms with Gasteiger partial charge in [0.25, 0.3) is 5.91 Å². The summed E-state index contributed by atoms with van der Waals surface area (Å²) in [5.74, 6) is 0.624. The van der Waals surface area contributed by atoms with Gasteiger partial charge in [-0.05, 0) is 57.3 Å². The third kappa shape index (κ3) is 4.29. The van der Waals surface area contributed by atoms with Crippen LogP contribution in [0.5, 0.6) is 5.75 Å². The Bertz CT molecular complexity index is 754. The molecule has 7 heteroatoms. The number of hydrogen-bond donors (Lipinski definition) is 4. The molecule has 1 fully saturated rings. The number of phenolic OH excluding ortho intramolecular Hbond substituents is 1. The molecule has 1 aromatic carbocycles. The molecule has 1 aliphatic heterocycles. The van der Waals surface area contributed by atoms with Gasteiger partial charge < -0.3 is 21.1 Å². The molecule has 0 unspecified atom stereocenters. The molecule has 1 aromatic heterocycles. The molecule has 0 saturated carbocycles. The number of benzene rings is 1. The van der Waals surface area contributed by atoms with Crippen molar-refractivity contribution in [2.45, 2.75) is 26.7 Å². The summed E-state index contributed by atoms with van der Waals surface area (Å²) in [5, 5.41) is 20.2. The highest BCUT2D eigenvalue weighted by atomic mass is 32.1. The molecule has 2 aromatic rings. The van der Waals surface area contributed by atoms with Crippen LogP contribution in [-0.4, -0.2) is 35.6 Å². The number of rotatable bonds is 5. The highest BCUT2D eigenvalue weighted by Gasteiger charge is 2.16. The Morgan fingerprint density at radius 2 is 2.12 bits per heavy atom. The molecule has 6 nitrogen and oxygen atoms in total. The molecule has 0 atom stereocenters. The normalized spacial score (nSPS) is 15.1. The number of hydrogen-bond acceptors (Lipinski definition) is 6. The average Bonchev–Trinajstić information content (AvgIpc) is 3.10. The van der Waals surface area contributed by atoms with Crippen LogP contribution in [0.2, 0.25) is 0 Å². The summed E-state index contributed by atoms with van der Waals surface area (Å²) in [5.41, 5.74) is 2.24. The predicted molar refractivity (Wildman–Crippen MR) is 102 cm³/mol. The van der Waals surface area contributed by atoms with Crippen molar-refractivity contribution >= 4 is 28.1 Å². The van der Waals surface area contributed by atoms with Crippen LogP contribution in [0.4, 0.5) is 10.8 Å². The standard InChI is InChI=1S/C18H24N4O2S/c1-11-3-4-14(23)12(2)16(11)22-17(24)15-10-21-18(25-15)20-9-13-5-7-19-8-6-13/h3-4,10,13,19,23H,5-9H2,1-2H3,(H,20,21)(H,22,24). The second-order valence-corrected chi connectivity index (χ2v) is 7.49. The number of nitrogens with zero attached hydrogens (tertiary/aromatic N) is 1. The van der Waals surface area contributed by atoms with Gasteiger partial charge in [-0.25, -0.2) is 4.98 Å². The van der Waals surface area contributed by atoms with Crippen molar-refractivity contribution < 1.29 is 9.90 Å². The molecule has 1 saturated heterocycles. The van der Waals surface area contributed by atoms with E-state index in [-0.39, 0.29) is 11.7 Å². The molecular weight excluding hydrogens is 336 g/mol. The van der Waals surface area contributed by atoms with Gasteiger partial charge in [-0.1, -0.05) is 17.4 Å². The van der Waals surface area contributed by atoms with Gasteiger partial charge in [-0.15, -0.1) is 0 Å². The molecule has 134 valence electrons. The molecule has 0 bridgehead atoms. The first-order valence-corrected chi connectivity index (χ1v) is 9.37. The number of aromatic nitrogens is 1. The maximum atomic E-state index is 12.5. The third-order valence-electron chi connectivity index (χ3n) is 4.61. The first-order valence-electron chi connectivity index (χ1n) is 8.55. The SMILES string of the molecule is Cc1ccc(O)c(C)c1NC(=O)c1cnc(NCC2CCNCC2)s1. The molecule has 0 aliphatic carbocycles. The Morgan fingerprint density at radius 1 is 1.36 bits per heavy atom. The highest BCUT2D eigenvalue weighted by Crippen LogP contribution is 2.29. The number of phenols is 1.